The van der Waals surface area contributed by atoms with Gasteiger partial charge in [-0.3, -0.25) is 4.79 Å². The van der Waals surface area contributed by atoms with Crippen LogP contribution in [0.15, 0.2) is 23.5 Å². The summed E-state index contributed by atoms with van der Waals surface area (Å²) >= 11 is 7.06. The van der Waals surface area contributed by atoms with Gasteiger partial charge in [0, 0.05) is 6.20 Å². The quantitative estimate of drug-likeness (QED) is 0.861. The molecule has 0 saturated heterocycles. The second-order valence-corrected chi connectivity index (χ2v) is 7.40. The number of nitrogens with one attached hydrogen (secondary N) is 1. The molecule has 2 heterocycles. The van der Waals surface area contributed by atoms with Crippen molar-refractivity contribution in [1.82, 2.24) is 25.2 Å². The number of pyridine rings is 1. The van der Waals surface area contributed by atoms with E-state index in [0.29, 0.717) is 16.0 Å². The van der Waals surface area contributed by atoms with E-state index >= 15 is 0 Å². The van der Waals surface area contributed by atoms with E-state index in [1.165, 1.54) is 18.0 Å². The van der Waals surface area contributed by atoms with Crippen LogP contribution in [0.25, 0.3) is 0 Å². The second-order valence-electron chi connectivity index (χ2n) is 5.66. The molecule has 2 aromatic rings. The zero-order valence-electron chi connectivity index (χ0n) is 12.7. The van der Waals surface area contributed by atoms with Gasteiger partial charge in [0.05, 0.1) is 15.8 Å². The summed E-state index contributed by atoms with van der Waals surface area (Å²) in [6.07, 6.45) is 1.48. The Morgan fingerprint density at radius 2 is 2.14 bits per heavy atom. The van der Waals surface area contributed by atoms with Gasteiger partial charge in [0.25, 0.3) is 0 Å². The Bertz CT molecular complexity index is 651. The van der Waals surface area contributed by atoms with Crippen LogP contribution in [0.5, 0.6) is 0 Å². The first-order valence-electron chi connectivity index (χ1n) is 6.65. The van der Waals surface area contributed by atoms with E-state index in [9.17, 15) is 4.79 Å². The van der Waals surface area contributed by atoms with E-state index in [4.69, 9.17) is 11.6 Å². The molecule has 2 rings (SSSR count). The van der Waals surface area contributed by atoms with E-state index in [-0.39, 0.29) is 16.7 Å². The van der Waals surface area contributed by atoms with Gasteiger partial charge in [-0.15, -0.1) is 5.10 Å². The first-order valence-corrected chi connectivity index (χ1v) is 7.91. The summed E-state index contributed by atoms with van der Waals surface area (Å²) in [5.41, 5.74) is -0.250. The molecule has 1 N–H and O–H groups in total. The molecule has 0 aliphatic heterocycles. The van der Waals surface area contributed by atoms with Crippen LogP contribution in [0, 0.1) is 0 Å². The lowest BCUT2D eigenvalue weighted by atomic mass is 10.1. The zero-order chi connectivity index (χ0) is 16.3. The number of amides is 1. The molecule has 22 heavy (non-hydrogen) atoms. The standard InChI is InChI=1S/C13H17ClN6OS/c1-8(11(21)16-10-6-5-9(14)7-15-10)22-12-17-18-19-20(12)13(2,3)4/h5-8H,1-4H3,(H,15,16,21)/t8-/m1/s1. The minimum atomic E-state index is -0.371. The molecule has 0 radical (unpaired) electrons. The van der Waals surface area contributed by atoms with Gasteiger partial charge in [-0.25, -0.2) is 9.67 Å². The first-order chi connectivity index (χ1) is 10.3. The normalized spacial score (nSPS) is 13.0. The lowest BCUT2D eigenvalue weighted by Gasteiger charge is -2.20. The average Bonchev–Trinajstić information content (AvgIpc) is 2.89. The summed E-state index contributed by atoms with van der Waals surface area (Å²) < 4.78 is 1.70. The number of rotatable bonds is 4. The maximum Gasteiger partial charge on any atom is 0.238 e. The fraction of sp³-hybridized carbons (Fsp3) is 0.462. The van der Waals surface area contributed by atoms with Gasteiger partial charge in [-0.1, -0.05) is 23.4 Å². The Balaban J connectivity index is 2.03. The van der Waals surface area contributed by atoms with Crippen molar-refractivity contribution in [2.75, 3.05) is 5.32 Å². The van der Waals surface area contributed by atoms with E-state index < -0.39 is 0 Å². The Kier molecular flexibility index (Phi) is 5.02. The van der Waals surface area contributed by atoms with Crippen molar-refractivity contribution < 1.29 is 4.79 Å². The van der Waals surface area contributed by atoms with Gasteiger partial charge >= 0.3 is 0 Å². The highest BCUT2D eigenvalue weighted by Crippen LogP contribution is 2.25. The number of thioether (sulfide) groups is 1. The third kappa shape index (κ3) is 4.17. The second kappa shape index (κ2) is 6.62. The SMILES string of the molecule is C[C@@H](Sc1nnnn1C(C)(C)C)C(=O)Nc1ccc(Cl)cn1. The zero-order valence-corrected chi connectivity index (χ0v) is 14.3. The number of tetrazole rings is 1. The summed E-state index contributed by atoms with van der Waals surface area (Å²) in [6, 6.07) is 3.32. The summed E-state index contributed by atoms with van der Waals surface area (Å²) in [5, 5.41) is 15.1. The van der Waals surface area contributed by atoms with Crippen molar-refractivity contribution in [3.05, 3.63) is 23.4 Å². The van der Waals surface area contributed by atoms with Crippen molar-refractivity contribution in [2.24, 2.45) is 0 Å². The third-order valence-electron chi connectivity index (χ3n) is 2.71. The molecule has 0 bridgehead atoms. The van der Waals surface area contributed by atoms with E-state index in [1.807, 2.05) is 20.8 Å². The van der Waals surface area contributed by atoms with Crippen molar-refractivity contribution >= 4 is 35.1 Å². The smallest absolute Gasteiger partial charge is 0.238 e. The Hall–Kier alpha value is -1.67. The van der Waals surface area contributed by atoms with E-state index in [2.05, 4.69) is 25.8 Å². The largest absolute Gasteiger partial charge is 0.310 e. The molecule has 7 nitrogen and oxygen atoms in total. The summed E-state index contributed by atoms with van der Waals surface area (Å²) in [5.74, 6) is 0.278. The van der Waals surface area contributed by atoms with Crippen molar-refractivity contribution in [3.63, 3.8) is 0 Å². The lowest BCUT2D eigenvalue weighted by molar-refractivity contribution is -0.115. The molecule has 0 aliphatic rings. The van der Waals surface area contributed by atoms with Crippen LogP contribution in [-0.2, 0) is 10.3 Å². The molecule has 9 heteroatoms. The minimum Gasteiger partial charge on any atom is -0.310 e. The minimum absolute atomic E-state index is 0.178. The molecule has 1 atom stereocenters. The highest BCUT2D eigenvalue weighted by atomic mass is 35.5. The van der Waals surface area contributed by atoms with E-state index in [0.717, 1.165) is 0 Å². The predicted molar refractivity (Wildman–Crippen MR) is 86.0 cm³/mol. The fourth-order valence-electron chi connectivity index (χ4n) is 1.56. The van der Waals surface area contributed by atoms with Gasteiger partial charge in [-0.05, 0) is 50.3 Å². The maximum absolute atomic E-state index is 12.2. The molecule has 0 saturated carbocycles. The Morgan fingerprint density at radius 3 is 2.73 bits per heavy atom. The molecule has 0 fully saturated rings. The Morgan fingerprint density at radius 1 is 1.41 bits per heavy atom. The van der Waals surface area contributed by atoms with Crippen molar-refractivity contribution in [1.29, 1.82) is 0 Å². The maximum atomic E-state index is 12.2. The average molecular weight is 341 g/mol. The topological polar surface area (TPSA) is 85.6 Å². The molecule has 2 aromatic heterocycles. The van der Waals surface area contributed by atoms with Gasteiger partial charge in [0.2, 0.25) is 11.1 Å². The van der Waals surface area contributed by atoms with Crippen LogP contribution in [0.3, 0.4) is 0 Å². The van der Waals surface area contributed by atoms with Crippen molar-refractivity contribution in [3.8, 4) is 0 Å². The summed E-state index contributed by atoms with van der Waals surface area (Å²) in [4.78, 5) is 16.2. The Labute approximate surface area is 137 Å². The number of halogens is 1. The van der Waals surface area contributed by atoms with Gasteiger partial charge in [-0.2, -0.15) is 0 Å². The third-order valence-corrected chi connectivity index (χ3v) is 3.96. The highest BCUT2D eigenvalue weighted by Gasteiger charge is 2.24. The number of aromatic nitrogens is 5. The van der Waals surface area contributed by atoms with Crippen LogP contribution in [0.1, 0.15) is 27.7 Å². The number of hydrogen-bond acceptors (Lipinski definition) is 6. The molecule has 0 aromatic carbocycles. The molecule has 0 spiro atoms. The fourth-order valence-corrected chi connectivity index (χ4v) is 2.65. The highest BCUT2D eigenvalue weighted by molar-refractivity contribution is 8.00. The molecular weight excluding hydrogens is 324 g/mol. The number of carbonyl (C=O) groups is 1. The lowest BCUT2D eigenvalue weighted by Crippen LogP contribution is -2.27. The summed E-state index contributed by atoms with van der Waals surface area (Å²) in [7, 11) is 0. The molecule has 1 amide bonds. The van der Waals surface area contributed by atoms with Crippen LogP contribution in [0.4, 0.5) is 5.82 Å². The number of anilines is 1. The van der Waals surface area contributed by atoms with Gasteiger partial charge in [0.15, 0.2) is 0 Å². The molecule has 0 aliphatic carbocycles. The van der Waals surface area contributed by atoms with Gasteiger partial charge < -0.3 is 5.32 Å². The number of nitrogens with zero attached hydrogens (tertiary/aromatic N) is 5. The van der Waals surface area contributed by atoms with Crippen LogP contribution >= 0.6 is 23.4 Å². The van der Waals surface area contributed by atoms with Crippen LogP contribution in [-0.4, -0.2) is 36.3 Å². The number of carbonyl (C=O) groups excluding carboxylic acids is 1. The van der Waals surface area contributed by atoms with Crippen LogP contribution in [0.2, 0.25) is 5.02 Å². The molecule has 0 unspecified atom stereocenters. The predicted octanol–water partition coefficient (Wildman–Crippen LogP) is 2.60. The summed E-state index contributed by atoms with van der Waals surface area (Å²) in [6.45, 7) is 7.78. The van der Waals surface area contributed by atoms with Gasteiger partial charge in [0.1, 0.15) is 5.82 Å². The monoisotopic (exact) mass is 340 g/mol. The molecule has 118 valence electrons. The van der Waals surface area contributed by atoms with E-state index in [1.54, 1.807) is 23.7 Å². The number of hydrogen-bond donors (Lipinski definition) is 1. The molecular formula is C13H17ClN6OS. The first kappa shape index (κ1) is 16.7. The van der Waals surface area contributed by atoms with Crippen LogP contribution < -0.4 is 5.32 Å². The van der Waals surface area contributed by atoms with Crippen molar-refractivity contribution in [2.45, 2.75) is 43.6 Å².